The average molecular weight is 348 g/mol. The zero-order valence-electron chi connectivity index (χ0n) is 14.1. The maximum atomic E-state index is 12.3. The van der Waals surface area contributed by atoms with Crippen molar-refractivity contribution in [2.75, 3.05) is 23.4 Å². The first-order chi connectivity index (χ1) is 12.6. The van der Waals surface area contributed by atoms with Gasteiger partial charge in [0.15, 0.2) is 6.61 Å². The fourth-order valence-corrected chi connectivity index (χ4v) is 3.21. The Hall–Kier alpha value is -3.41. The Morgan fingerprint density at radius 2 is 1.81 bits per heavy atom. The van der Waals surface area contributed by atoms with Crippen LogP contribution in [0.2, 0.25) is 0 Å². The van der Waals surface area contributed by atoms with Gasteiger partial charge >= 0.3 is 0 Å². The summed E-state index contributed by atoms with van der Waals surface area (Å²) in [5.74, 6) is 0.269. The molecule has 1 amide bonds. The minimum absolute atomic E-state index is 0.0691. The van der Waals surface area contributed by atoms with Crippen LogP contribution in [0.15, 0.2) is 58.1 Å². The molecule has 1 N–H and O–H groups in total. The van der Waals surface area contributed by atoms with Crippen LogP contribution in [0.3, 0.4) is 0 Å². The zero-order valence-corrected chi connectivity index (χ0v) is 14.1. The van der Waals surface area contributed by atoms with E-state index in [1.807, 2.05) is 42.2 Å². The molecular weight excluding hydrogens is 332 g/mol. The molecule has 130 valence electrons. The average Bonchev–Trinajstić information content (AvgIpc) is 2.68. The second-order valence-corrected chi connectivity index (χ2v) is 6.01. The van der Waals surface area contributed by atoms with Crippen molar-refractivity contribution in [2.45, 2.75) is 6.92 Å². The van der Waals surface area contributed by atoms with Gasteiger partial charge in [-0.25, -0.2) is 0 Å². The van der Waals surface area contributed by atoms with E-state index in [1.165, 1.54) is 0 Å². The van der Waals surface area contributed by atoms with Gasteiger partial charge in [0.05, 0.1) is 11.3 Å². The number of hydrogen-bond acceptors (Lipinski definition) is 5. The lowest BCUT2D eigenvalue weighted by Gasteiger charge is -2.27. The molecule has 3 aromatic carbocycles. The number of anilines is 3. The van der Waals surface area contributed by atoms with Gasteiger partial charge in [0.25, 0.3) is 11.3 Å². The van der Waals surface area contributed by atoms with Crippen molar-refractivity contribution in [3.63, 3.8) is 0 Å². The van der Waals surface area contributed by atoms with Crippen LogP contribution in [0.4, 0.5) is 17.1 Å². The van der Waals surface area contributed by atoms with Crippen molar-refractivity contribution in [3.8, 4) is 16.9 Å². The molecule has 0 saturated heterocycles. The van der Waals surface area contributed by atoms with E-state index in [0.29, 0.717) is 34.8 Å². The minimum atomic E-state index is -0.505. The van der Waals surface area contributed by atoms with Crippen LogP contribution in [0.25, 0.3) is 11.1 Å². The summed E-state index contributed by atoms with van der Waals surface area (Å²) in [6.07, 6.45) is 0. The molecular formula is C20H16N2O4. The summed E-state index contributed by atoms with van der Waals surface area (Å²) in [7, 11) is 0. The highest BCUT2D eigenvalue weighted by Crippen LogP contribution is 2.36. The van der Waals surface area contributed by atoms with E-state index < -0.39 is 10.9 Å². The van der Waals surface area contributed by atoms with Crippen LogP contribution in [-0.4, -0.2) is 19.1 Å². The molecule has 0 unspecified atom stereocenters. The summed E-state index contributed by atoms with van der Waals surface area (Å²) < 4.78 is 5.42. The van der Waals surface area contributed by atoms with Gasteiger partial charge in [-0.2, -0.15) is 0 Å². The minimum Gasteiger partial charge on any atom is -0.482 e. The van der Waals surface area contributed by atoms with Gasteiger partial charge in [-0.3, -0.25) is 14.4 Å². The molecule has 0 radical (unpaired) electrons. The smallest absolute Gasteiger partial charge is 0.262 e. The second kappa shape index (κ2) is 6.15. The number of para-hydroxylation sites is 1. The Morgan fingerprint density at radius 3 is 2.54 bits per heavy atom. The van der Waals surface area contributed by atoms with Crippen LogP contribution in [0.5, 0.6) is 5.75 Å². The molecule has 0 atom stereocenters. The zero-order chi connectivity index (χ0) is 18.3. The number of fused-ring (bicyclic) bond motifs is 1. The van der Waals surface area contributed by atoms with E-state index in [2.05, 4.69) is 5.32 Å². The van der Waals surface area contributed by atoms with Crippen molar-refractivity contribution in [2.24, 2.45) is 0 Å². The van der Waals surface area contributed by atoms with Gasteiger partial charge in [0.1, 0.15) is 11.4 Å². The SMILES string of the molecule is CCN(c1ccccc1)c1c(-c2ccc3c(c2)OCC(=O)N3)c(=O)c1=O. The fourth-order valence-electron chi connectivity index (χ4n) is 3.21. The highest BCUT2D eigenvalue weighted by atomic mass is 16.5. The highest BCUT2D eigenvalue weighted by molar-refractivity contribution is 5.96. The summed E-state index contributed by atoms with van der Waals surface area (Å²) >= 11 is 0. The number of benzene rings is 2. The van der Waals surface area contributed by atoms with Crippen molar-refractivity contribution in [1.29, 1.82) is 0 Å². The number of ether oxygens (including phenoxy) is 1. The number of carbonyl (C=O) groups is 1. The molecule has 1 heterocycles. The maximum absolute atomic E-state index is 12.3. The number of nitrogens with one attached hydrogen (secondary N) is 1. The number of amides is 1. The molecule has 26 heavy (non-hydrogen) atoms. The van der Waals surface area contributed by atoms with Crippen molar-refractivity contribution in [1.82, 2.24) is 0 Å². The van der Waals surface area contributed by atoms with Gasteiger partial charge in [0, 0.05) is 12.2 Å². The summed E-state index contributed by atoms with van der Waals surface area (Å²) in [4.78, 5) is 37.8. The Morgan fingerprint density at radius 1 is 1.04 bits per heavy atom. The predicted octanol–water partition coefficient (Wildman–Crippen LogP) is 2.44. The van der Waals surface area contributed by atoms with Gasteiger partial charge in [-0.05, 0) is 36.8 Å². The molecule has 0 spiro atoms. The van der Waals surface area contributed by atoms with Crippen LogP contribution >= 0.6 is 0 Å². The first-order valence-corrected chi connectivity index (χ1v) is 8.33. The lowest BCUT2D eigenvalue weighted by molar-refractivity contribution is -0.118. The Labute approximate surface area is 149 Å². The molecule has 6 heteroatoms. The molecule has 0 bridgehead atoms. The molecule has 0 aliphatic carbocycles. The third kappa shape index (κ3) is 2.47. The predicted molar refractivity (Wildman–Crippen MR) is 100 cm³/mol. The lowest BCUT2D eigenvalue weighted by Crippen LogP contribution is -2.40. The molecule has 1 aliphatic heterocycles. The first kappa shape index (κ1) is 16.1. The van der Waals surface area contributed by atoms with Gasteiger partial charge < -0.3 is 15.0 Å². The number of carbonyl (C=O) groups excluding carboxylic acids is 1. The lowest BCUT2D eigenvalue weighted by atomic mass is 9.96. The van der Waals surface area contributed by atoms with Gasteiger partial charge in [-0.1, -0.05) is 24.3 Å². The standard InChI is InChI=1S/C20H16N2O4/c1-2-22(13-6-4-3-5-7-13)18-17(19(24)20(18)25)12-8-9-14-15(10-12)26-11-16(23)21-14/h3-10H,2,11H2,1H3,(H,21,23). The topological polar surface area (TPSA) is 75.7 Å². The van der Waals surface area contributed by atoms with E-state index in [0.717, 1.165) is 5.69 Å². The molecule has 3 aromatic rings. The molecule has 0 fully saturated rings. The normalized spacial score (nSPS) is 13.0. The summed E-state index contributed by atoms with van der Waals surface area (Å²) in [5, 5.41) is 2.71. The van der Waals surface area contributed by atoms with E-state index in [9.17, 15) is 14.4 Å². The quantitative estimate of drug-likeness (QED) is 0.733. The third-order valence-corrected chi connectivity index (χ3v) is 4.44. The van der Waals surface area contributed by atoms with E-state index in [-0.39, 0.29) is 12.5 Å². The van der Waals surface area contributed by atoms with Gasteiger partial charge in [0.2, 0.25) is 5.43 Å². The van der Waals surface area contributed by atoms with E-state index in [1.54, 1.807) is 18.2 Å². The molecule has 0 saturated carbocycles. The first-order valence-electron chi connectivity index (χ1n) is 8.33. The third-order valence-electron chi connectivity index (χ3n) is 4.44. The van der Waals surface area contributed by atoms with Crippen LogP contribution < -0.4 is 25.8 Å². The van der Waals surface area contributed by atoms with Crippen LogP contribution in [-0.2, 0) is 4.79 Å². The Kier molecular flexibility index (Phi) is 3.80. The van der Waals surface area contributed by atoms with Gasteiger partial charge in [-0.15, -0.1) is 0 Å². The maximum Gasteiger partial charge on any atom is 0.262 e. The highest BCUT2D eigenvalue weighted by Gasteiger charge is 2.28. The summed E-state index contributed by atoms with van der Waals surface area (Å²) in [5.41, 5.74) is 1.79. The molecule has 6 nitrogen and oxygen atoms in total. The second-order valence-electron chi connectivity index (χ2n) is 6.01. The van der Waals surface area contributed by atoms with Crippen LogP contribution in [0, 0.1) is 0 Å². The molecule has 0 aromatic heterocycles. The molecule has 4 rings (SSSR count). The summed E-state index contributed by atoms with van der Waals surface area (Å²) in [6, 6.07) is 14.6. The monoisotopic (exact) mass is 348 g/mol. The number of nitrogens with zero attached hydrogens (tertiary/aromatic N) is 1. The fraction of sp³-hybridized carbons (Fsp3) is 0.150. The number of hydrogen-bond donors (Lipinski definition) is 1. The van der Waals surface area contributed by atoms with Crippen molar-refractivity contribution < 1.29 is 9.53 Å². The van der Waals surface area contributed by atoms with Crippen molar-refractivity contribution >= 4 is 23.0 Å². The molecule has 1 aliphatic rings. The van der Waals surface area contributed by atoms with Crippen molar-refractivity contribution in [3.05, 3.63) is 69.0 Å². The largest absolute Gasteiger partial charge is 0.482 e. The Balaban J connectivity index is 1.80. The van der Waals surface area contributed by atoms with E-state index in [4.69, 9.17) is 4.74 Å². The van der Waals surface area contributed by atoms with E-state index >= 15 is 0 Å². The van der Waals surface area contributed by atoms with Crippen LogP contribution in [0.1, 0.15) is 6.92 Å². The number of rotatable bonds is 4. The Bertz CT molecular complexity index is 1070. The summed E-state index contributed by atoms with van der Waals surface area (Å²) in [6.45, 7) is 2.42.